The highest BCUT2D eigenvalue weighted by Gasteiger charge is 2.33. The molecule has 4 heteroatoms. The third kappa shape index (κ3) is 2.99. The van der Waals surface area contributed by atoms with Crippen LogP contribution in [0.5, 0.6) is 0 Å². The number of carbonyl (C=O) groups is 1. The Kier molecular flexibility index (Phi) is 3.87. The first kappa shape index (κ1) is 13.1. The van der Waals surface area contributed by atoms with Gasteiger partial charge in [0.1, 0.15) is 4.88 Å². The van der Waals surface area contributed by atoms with Crippen molar-refractivity contribution >= 4 is 17.3 Å². The van der Waals surface area contributed by atoms with E-state index in [2.05, 4.69) is 0 Å². The predicted octanol–water partition coefficient (Wildman–Crippen LogP) is 4.55. The Morgan fingerprint density at radius 2 is 1.63 bits per heavy atom. The molecule has 3 nitrogen and oxygen atoms in total. The molecule has 2 saturated carbocycles. The number of aromatic carboxylic acids is 1. The van der Waals surface area contributed by atoms with E-state index in [-0.39, 0.29) is 0 Å². The summed E-state index contributed by atoms with van der Waals surface area (Å²) >= 11 is 1.45. The van der Waals surface area contributed by atoms with Gasteiger partial charge in [-0.05, 0) is 25.7 Å². The van der Waals surface area contributed by atoms with Crippen molar-refractivity contribution in [3.63, 3.8) is 0 Å². The highest BCUT2D eigenvalue weighted by atomic mass is 32.1. The quantitative estimate of drug-likeness (QED) is 0.883. The maximum atomic E-state index is 11.3. The smallest absolute Gasteiger partial charge is 0.347 e. The molecule has 0 aromatic carbocycles. The van der Waals surface area contributed by atoms with Crippen LogP contribution in [0.4, 0.5) is 0 Å². The fourth-order valence-corrected chi connectivity index (χ4v) is 4.17. The zero-order valence-corrected chi connectivity index (χ0v) is 12.0. The van der Waals surface area contributed by atoms with E-state index in [0.29, 0.717) is 16.7 Å². The zero-order valence-electron chi connectivity index (χ0n) is 11.2. The van der Waals surface area contributed by atoms with E-state index in [1.165, 1.54) is 56.3 Å². The van der Waals surface area contributed by atoms with Gasteiger partial charge >= 0.3 is 5.97 Å². The summed E-state index contributed by atoms with van der Waals surface area (Å²) in [6.45, 7) is 0. The molecule has 0 spiro atoms. The molecule has 104 valence electrons. The number of nitrogens with zero attached hydrogens (tertiary/aromatic N) is 1. The number of carboxylic acid groups (broad SMARTS) is 1. The van der Waals surface area contributed by atoms with Gasteiger partial charge in [-0.15, -0.1) is 11.3 Å². The normalized spacial score (nSPS) is 21.9. The maximum absolute atomic E-state index is 11.3. The van der Waals surface area contributed by atoms with Crippen LogP contribution in [0.1, 0.15) is 90.0 Å². The van der Waals surface area contributed by atoms with Gasteiger partial charge in [0.05, 0.1) is 10.7 Å². The van der Waals surface area contributed by atoms with Gasteiger partial charge in [0.2, 0.25) is 0 Å². The summed E-state index contributed by atoms with van der Waals surface area (Å²) in [5.74, 6) is 0.164. The largest absolute Gasteiger partial charge is 0.477 e. The van der Waals surface area contributed by atoms with Crippen molar-refractivity contribution in [3.8, 4) is 0 Å². The summed E-state index contributed by atoms with van der Waals surface area (Å²) in [6, 6.07) is 0. The molecule has 0 unspecified atom stereocenters. The molecule has 1 aromatic rings. The van der Waals surface area contributed by atoms with Crippen molar-refractivity contribution in [1.29, 1.82) is 0 Å². The molecule has 2 fully saturated rings. The third-order valence-corrected chi connectivity index (χ3v) is 5.50. The molecule has 0 bridgehead atoms. The van der Waals surface area contributed by atoms with E-state index in [1.807, 2.05) is 0 Å². The van der Waals surface area contributed by atoms with E-state index < -0.39 is 5.97 Å². The summed E-state index contributed by atoms with van der Waals surface area (Å²) in [7, 11) is 0. The molecule has 0 radical (unpaired) electrons. The van der Waals surface area contributed by atoms with Gasteiger partial charge in [0, 0.05) is 11.8 Å². The lowest BCUT2D eigenvalue weighted by Gasteiger charge is -2.17. The molecular weight excluding hydrogens is 258 g/mol. The third-order valence-electron chi connectivity index (χ3n) is 4.28. The Morgan fingerprint density at radius 3 is 2.21 bits per heavy atom. The lowest BCUT2D eigenvalue weighted by atomic mass is 9.92. The Labute approximate surface area is 118 Å². The molecule has 0 aliphatic heterocycles. The lowest BCUT2D eigenvalue weighted by molar-refractivity contribution is 0.0700. The second-order valence-corrected chi connectivity index (χ2v) is 6.92. The zero-order chi connectivity index (χ0) is 13.2. The van der Waals surface area contributed by atoms with E-state index >= 15 is 0 Å². The van der Waals surface area contributed by atoms with Gasteiger partial charge in [-0.1, -0.05) is 32.1 Å². The SMILES string of the molecule is O=C(O)c1sc(C2CCCCCCC2)nc1C1CC1. The fraction of sp³-hybridized carbons (Fsp3) is 0.733. The number of carboxylic acids is 1. The Balaban J connectivity index is 1.82. The van der Waals surface area contributed by atoms with Crippen molar-refractivity contribution in [3.05, 3.63) is 15.6 Å². The molecule has 0 atom stereocenters. The molecule has 1 heterocycles. The molecule has 1 aromatic heterocycles. The monoisotopic (exact) mass is 279 g/mol. The van der Waals surface area contributed by atoms with Crippen LogP contribution in [0, 0.1) is 0 Å². The minimum absolute atomic E-state index is 0.435. The van der Waals surface area contributed by atoms with Crippen LogP contribution < -0.4 is 0 Å². The standard InChI is InChI=1S/C15H21NO2S/c17-15(18)13-12(10-8-9-10)16-14(19-13)11-6-4-2-1-3-5-7-11/h10-11H,1-9H2,(H,17,18). The summed E-state index contributed by atoms with van der Waals surface area (Å²) in [6.07, 6.45) is 11.2. The summed E-state index contributed by atoms with van der Waals surface area (Å²) < 4.78 is 0. The van der Waals surface area contributed by atoms with Crippen LogP contribution in [0.15, 0.2) is 0 Å². The Morgan fingerprint density at radius 1 is 1.00 bits per heavy atom. The number of hydrogen-bond donors (Lipinski definition) is 1. The Hall–Kier alpha value is -0.900. The van der Waals surface area contributed by atoms with E-state index in [0.717, 1.165) is 23.5 Å². The molecular formula is C15H21NO2S. The van der Waals surface area contributed by atoms with E-state index in [1.54, 1.807) is 0 Å². The second kappa shape index (κ2) is 5.61. The average Bonchev–Trinajstić information content (AvgIpc) is 3.08. The van der Waals surface area contributed by atoms with Crippen molar-refractivity contribution in [1.82, 2.24) is 4.98 Å². The molecule has 0 saturated heterocycles. The molecule has 3 rings (SSSR count). The minimum Gasteiger partial charge on any atom is -0.477 e. The number of thiazole rings is 1. The molecule has 2 aliphatic carbocycles. The van der Waals surface area contributed by atoms with Gasteiger partial charge in [-0.25, -0.2) is 9.78 Å². The van der Waals surface area contributed by atoms with Crippen LogP contribution in [0.25, 0.3) is 0 Å². The minimum atomic E-state index is -0.781. The average molecular weight is 279 g/mol. The van der Waals surface area contributed by atoms with Gasteiger partial charge in [-0.3, -0.25) is 0 Å². The maximum Gasteiger partial charge on any atom is 0.347 e. The van der Waals surface area contributed by atoms with Gasteiger partial charge in [-0.2, -0.15) is 0 Å². The predicted molar refractivity (Wildman–Crippen MR) is 76.1 cm³/mol. The molecule has 19 heavy (non-hydrogen) atoms. The fourth-order valence-electron chi connectivity index (χ4n) is 3.01. The Bertz CT molecular complexity index is 457. The summed E-state index contributed by atoms with van der Waals surface area (Å²) in [5, 5.41) is 10.4. The second-order valence-electron chi connectivity index (χ2n) is 5.89. The lowest BCUT2D eigenvalue weighted by Crippen LogP contribution is -2.02. The first-order valence-corrected chi connectivity index (χ1v) is 8.31. The van der Waals surface area contributed by atoms with Crippen molar-refractivity contribution < 1.29 is 9.90 Å². The van der Waals surface area contributed by atoms with Crippen LogP contribution >= 0.6 is 11.3 Å². The van der Waals surface area contributed by atoms with Crippen molar-refractivity contribution in [2.45, 2.75) is 69.6 Å². The van der Waals surface area contributed by atoms with Gasteiger partial charge < -0.3 is 5.11 Å². The highest BCUT2D eigenvalue weighted by molar-refractivity contribution is 7.13. The number of aromatic nitrogens is 1. The van der Waals surface area contributed by atoms with Crippen molar-refractivity contribution in [2.24, 2.45) is 0 Å². The van der Waals surface area contributed by atoms with Crippen LogP contribution in [-0.2, 0) is 0 Å². The van der Waals surface area contributed by atoms with E-state index in [9.17, 15) is 9.90 Å². The van der Waals surface area contributed by atoms with Crippen LogP contribution in [-0.4, -0.2) is 16.1 Å². The first-order valence-electron chi connectivity index (χ1n) is 7.49. The van der Waals surface area contributed by atoms with E-state index in [4.69, 9.17) is 4.98 Å². The van der Waals surface area contributed by atoms with Gasteiger partial charge in [0.15, 0.2) is 0 Å². The molecule has 2 aliphatic rings. The summed E-state index contributed by atoms with van der Waals surface area (Å²) in [5.41, 5.74) is 0.884. The van der Waals surface area contributed by atoms with Gasteiger partial charge in [0.25, 0.3) is 0 Å². The topological polar surface area (TPSA) is 50.2 Å². The summed E-state index contributed by atoms with van der Waals surface area (Å²) in [4.78, 5) is 16.6. The highest BCUT2D eigenvalue weighted by Crippen LogP contribution is 2.44. The number of hydrogen-bond acceptors (Lipinski definition) is 3. The van der Waals surface area contributed by atoms with Crippen LogP contribution in [0.3, 0.4) is 0 Å². The molecule has 1 N–H and O–H groups in total. The van der Waals surface area contributed by atoms with Crippen LogP contribution in [0.2, 0.25) is 0 Å². The van der Waals surface area contributed by atoms with Crippen molar-refractivity contribution in [2.75, 3.05) is 0 Å². The number of rotatable bonds is 3. The molecule has 0 amide bonds. The first-order chi connectivity index (χ1) is 9.25.